The second-order valence-corrected chi connectivity index (χ2v) is 6.29. The van der Waals surface area contributed by atoms with Gasteiger partial charge in [0.15, 0.2) is 0 Å². The SMILES string of the molecule is CCN(CCCl)CCNc1c2ccccc2nc2c(OC)cccc12.Cl.Cl.O. The number of halogens is 3. The molecule has 0 saturated carbocycles. The topological polar surface area (TPSA) is 68.9 Å². The first-order valence-corrected chi connectivity index (χ1v) is 9.19. The van der Waals surface area contributed by atoms with E-state index in [-0.39, 0.29) is 30.3 Å². The highest BCUT2D eigenvalue weighted by molar-refractivity contribution is 6.18. The smallest absolute Gasteiger partial charge is 0.145 e. The van der Waals surface area contributed by atoms with Crippen LogP contribution in [-0.2, 0) is 0 Å². The highest BCUT2D eigenvalue weighted by Crippen LogP contribution is 2.34. The molecule has 0 radical (unpaired) electrons. The fourth-order valence-electron chi connectivity index (χ4n) is 3.13. The Kier molecular flexibility index (Phi) is 12.2. The number of aromatic nitrogens is 1. The molecule has 0 fully saturated rings. The third-order valence-electron chi connectivity index (χ3n) is 4.47. The molecule has 1 aromatic heterocycles. The van der Waals surface area contributed by atoms with Crippen LogP contribution in [0, 0.1) is 0 Å². The average Bonchev–Trinajstić information content (AvgIpc) is 2.66. The van der Waals surface area contributed by atoms with Gasteiger partial charge in [0.05, 0.1) is 18.3 Å². The number of nitrogens with zero attached hydrogens (tertiary/aromatic N) is 2. The van der Waals surface area contributed by atoms with Crippen LogP contribution in [0.2, 0.25) is 0 Å². The number of hydrogen-bond donors (Lipinski definition) is 1. The van der Waals surface area contributed by atoms with Gasteiger partial charge in [-0.3, -0.25) is 0 Å². The molecule has 156 valence electrons. The number of fused-ring (bicyclic) bond motifs is 2. The van der Waals surface area contributed by atoms with Crippen LogP contribution < -0.4 is 10.1 Å². The first-order valence-electron chi connectivity index (χ1n) is 8.66. The Morgan fingerprint density at radius 3 is 2.43 bits per heavy atom. The van der Waals surface area contributed by atoms with E-state index in [1.807, 2.05) is 30.3 Å². The summed E-state index contributed by atoms with van der Waals surface area (Å²) in [7, 11) is 1.68. The zero-order chi connectivity index (χ0) is 17.6. The minimum atomic E-state index is 0. The van der Waals surface area contributed by atoms with Crippen LogP contribution in [-0.4, -0.2) is 54.5 Å². The normalized spacial score (nSPS) is 10.1. The van der Waals surface area contributed by atoms with Crippen molar-refractivity contribution in [2.24, 2.45) is 0 Å². The Morgan fingerprint density at radius 1 is 1.04 bits per heavy atom. The van der Waals surface area contributed by atoms with Crippen molar-refractivity contribution in [3.8, 4) is 5.75 Å². The molecule has 0 aliphatic heterocycles. The van der Waals surface area contributed by atoms with E-state index in [9.17, 15) is 0 Å². The Hall–Kier alpha value is -1.50. The van der Waals surface area contributed by atoms with Gasteiger partial charge in [0, 0.05) is 36.3 Å². The van der Waals surface area contributed by atoms with E-state index in [0.29, 0.717) is 5.88 Å². The third-order valence-corrected chi connectivity index (χ3v) is 4.64. The van der Waals surface area contributed by atoms with Gasteiger partial charge in [-0.2, -0.15) is 0 Å². The number of para-hydroxylation sites is 2. The average molecular weight is 449 g/mol. The lowest BCUT2D eigenvalue weighted by Gasteiger charge is -2.20. The Morgan fingerprint density at radius 2 is 1.75 bits per heavy atom. The van der Waals surface area contributed by atoms with Crippen LogP contribution in [0.5, 0.6) is 5.75 Å². The van der Waals surface area contributed by atoms with E-state index in [2.05, 4.69) is 29.3 Å². The van der Waals surface area contributed by atoms with Crippen molar-refractivity contribution in [3.63, 3.8) is 0 Å². The maximum Gasteiger partial charge on any atom is 0.145 e. The quantitative estimate of drug-likeness (QED) is 0.410. The predicted molar refractivity (Wildman–Crippen MR) is 125 cm³/mol. The molecule has 0 atom stereocenters. The number of ether oxygens (including phenoxy) is 1. The number of anilines is 1. The van der Waals surface area contributed by atoms with Gasteiger partial charge in [-0.1, -0.05) is 37.3 Å². The van der Waals surface area contributed by atoms with Crippen LogP contribution in [0.1, 0.15) is 6.92 Å². The van der Waals surface area contributed by atoms with E-state index in [0.717, 1.165) is 59.4 Å². The molecule has 28 heavy (non-hydrogen) atoms. The highest BCUT2D eigenvalue weighted by Gasteiger charge is 2.12. The number of likely N-dealkylation sites (N-methyl/N-ethyl adjacent to an activating group) is 1. The second kappa shape index (κ2) is 12.9. The summed E-state index contributed by atoms with van der Waals surface area (Å²) in [5, 5.41) is 5.84. The van der Waals surface area contributed by atoms with Crippen LogP contribution in [0.3, 0.4) is 0 Å². The van der Waals surface area contributed by atoms with Gasteiger partial charge < -0.3 is 20.4 Å². The number of pyridine rings is 1. The summed E-state index contributed by atoms with van der Waals surface area (Å²) in [6.45, 7) is 5.87. The zero-order valence-electron chi connectivity index (χ0n) is 16.1. The standard InChI is InChI=1S/C20H24ClN3O.2ClH.H2O/c1-3-24(13-11-21)14-12-22-19-15-7-4-5-9-17(15)23-20-16(19)8-6-10-18(20)25-2;;;/h4-10H,3,11-14H2,1-2H3,(H,22,23);2*1H;1H2. The molecule has 0 bridgehead atoms. The molecule has 0 amide bonds. The number of alkyl halides is 1. The molecule has 1 heterocycles. The van der Waals surface area contributed by atoms with Gasteiger partial charge in [0.1, 0.15) is 11.3 Å². The number of methoxy groups -OCH3 is 1. The van der Waals surface area contributed by atoms with Gasteiger partial charge in [-0.05, 0) is 18.7 Å². The molecule has 5 nitrogen and oxygen atoms in total. The number of hydrogen-bond acceptors (Lipinski definition) is 4. The first kappa shape index (κ1) is 26.5. The molecule has 0 aliphatic rings. The first-order chi connectivity index (χ1) is 12.3. The molecule has 8 heteroatoms. The van der Waals surface area contributed by atoms with Gasteiger partial charge in [-0.15, -0.1) is 36.4 Å². The molecule has 0 saturated heterocycles. The van der Waals surface area contributed by atoms with Crippen LogP contribution in [0.15, 0.2) is 42.5 Å². The van der Waals surface area contributed by atoms with Gasteiger partial charge in [0.2, 0.25) is 0 Å². The Labute approximate surface area is 183 Å². The summed E-state index contributed by atoms with van der Waals surface area (Å²) in [4.78, 5) is 7.14. The van der Waals surface area contributed by atoms with Gasteiger partial charge in [-0.25, -0.2) is 4.98 Å². The summed E-state index contributed by atoms with van der Waals surface area (Å²) in [5.74, 6) is 1.45. The molecular formula is C20H28Cl3N3O2. The van der Waals surface area contributed by atoms with Crippen molar-refractivity contribution < 1.29 is 10.2 Å². The zero-order valence-corrected chi connectivity index (χ0v) is 18.5. The van der Waals surface area contributed by atoms with Crippen molar-refractivity contribution in [1.29, 1.82) is 0 Å². The molecule has 0 unspecified atom stereocenters. The molecule has 3 N–H and O–H groups in total. The summed E-state index contributed by atoms with van der Waals surface area (Å²) in [6.07, 6.45) is 0. The molecule has 0 aliphatic carbocycles. The fourth-order valence-corrected chi connectivity index (χ4v) is 3.37. The van der Waals surface area contributed by atoms with Gasteiger partial charge in [0.25, 0.3) is 0 Å². The van der Waals surface area contributed by atoms with Crippen LogP contribution in [0.4, 0.5) is 5.69 Å². The van der Waals surface area contributed by atoms with Crippen molar-refractivity contribution in [1.82, 2.24) is 9.88 Å². The van der Waals surface area contributed by atoms with Crippen molar-refractivity contribution in [3.05, 3.63) is 42.5 Å². The minimum Gasteiger partial charge on any atom is -0.494 e. The summed E-state index contributed by atoms with van der Waals surface area (Å²) in [6, 6.07) is 14.3. The van der Waals surface area contributed by atoms with E-state index in [1.165, 1.54) is 0 Å². The summed E-state index contributed by atoms with van der Waals surface area (Å²) < 4.78 is 5.51. The van der Waals surface area contributed by atoms with E-state index in [1.54, 1.807) is 7.11 Å². The molecule has 2 aromatic carbocycles. The van der Waals surface area contributed by atoms with Crippen LogP contribution in [0.25, 0.3) is 21.8 Å². The lowest BCUT2D eigenvalue weighted by atomic mass is 10.1. The Balaban J connectivity index is 0.00000243. The fraction of sp³-hybridized carbons (Fsp3) is 0.350. The lowest BCUT2D eigenvalue weighted by Crippen LogP contribution is -2.30. The van der Waals surface area contributed by atoms with Crippen LogP contribution >= 0.6 is 36.4 Å². The highest BCUT2D eigenvalue weighted by atomic mass is 35.5. The Bertz CT molecular complexity index is 865. The molecule has 3 rings (SSSR count). The third kappa shape index (κ3) is 5.75. The maximum atomic E-state index is 5.88. The second-order valence-electron chi connectivity index (χ2n) is 5.91. The predicted octanol–water partition coefficient (Wildman–Crippen LogP) is 4.39. The van der Waals surface area contributed by atoms with E-state index >= 15 is 0 Å². The van der Waals surface area contributed by atoms with E-state index in [4.69, 9.17) is 21.3 Å². The maximum absolute atomic E-state index is 5.88. The largest absolute Gasteiger partial charge is 0.494 e. The monoisotopic (exact) mass is 447 g/mol. The summed E-state index contributed by atoms with van der Waals surface area (Å²) >= 11 is 5.88. The number of benzene rings is 2. The summed E-state index contributed by atoms with van der Waals surface area (Å²) in [5.41, 5.74) is 2.97. The minimum absolute atomic E-state index is 0. The van der Waals surface area contributed by atoms with Gasteiger partial charge >= 0.3 is 0 Å². The van der Waals surface area contributed by atoms with Crippen molar-refractivity contribution >= 4 is 63.9 Å². The van der Waals surface area contributed by atoms with Crippen molar-refractivity contribution in [2.45, 2.75) is 6.92 Å². The van der Waals surface area contributed by atoms with Crippen molar-refractivity contribution in [2.75, 3.05) is 44.5 Å². The molecule has 0 spiro atoms. The number of nitrogens with one attached hydrogen (secondary N) is 1. The van der Waals surface area contributed by atoms with E-state index < -0.39 is 0 Å². The molecule has 3 aromatic rings. The molecular weight excluding hydrogens is 421 g/mol. The number of rotatable bonds is 8. The lowest BCUT2D eigenvalue weighted by molar-refractivity contribution is 0.318.